The number of aliphatic hydroxyl groups is 1. The van der Waals surface area contributed by atoms with Crippen molar-refractivity contribution in [2.24, 2.45) is 0 Å². The van der Waals surface area contributed by atoms with E-state index in [1.807, 2.05) is 12.1 Å². The SMILES string of the molecule is CC(C)(C)OC(=O)/C=C/Oc1ccc(CCO)cc1. The van der Waals surface area contributed by atoms with Crippen molar-refractivity contribution in [2.75, 3.05) is 6.61 Å². The predicted molar refractivity (Wildman–Crippen MR) is 72.8 cm³/mol. The Bertz CT molecular complexity index is 426. The molecular weight excluding hydrogens is 244 g/mol. The second-order valence-corrected chi connectivity index (χ2v) is 5.07. The fourth-order valence-electron chi connectivity index (χ4n) is 1.37. The van der Waals surface area contributed by atoms with Gasteiger partial charge in [-0.2, -0.15) is 0 Å². The lowest BCUT2D eigenvalue weighted by Crippen LogP contribution is -2.22. The molecule has 0 atom stereocenters. The van der Waals surface area contributed by atoms with Crippen LogP contribution < -0.4 is 4.74 Å². The van der Waals surface area contributed by atoms with Gasteiger partial charge in [0.2, 0.25) is 0 Å². The molecule has 0 aliphatic carbocycles. The van der Waals surface area contributed by atoms with E-state index in [1.165, 1.54) is 12.3 Å². The van der Waals surface area contributed by atoms with Crippen LogP contribution in [0.3, 0.4) is 0 Å². The van der Waals surface area contributed by atoms with Gasteiger partial charge >= 0.3 is 5.97 Å². The first-order chi connectivity index (χ1) is 8.90. The minimum Gasteiger partial charge on any atom is -0.465 e. The molecule has 0 unspecified atom stereocenters. The third-order valence-corrected chi connectivity index (χ3v) is 2.14. The van der Waals surface area contributed by atoms with Gasteiger partial charge in [0.25, 0.3) is 0 Å². The van der Waals surface area contributed by atoms with Gasteiger partial charge in [-0.05, 0) is 44.9 Å². The van der Waals surface area contributed by atoms with E-state index in [0.29, 0.717) is 12.2 Å². The molecule has 0 aromatic heterocycles. The Morgan fingerprint density at radius 1 is 1.26 bits per heavy atom. The highest BCUT2D eigenvalue weighted by Gasteiger charge is 2.13. The van der Waals surface area contributed by atoms with E-state index >= 15 is 0 Å². The standard InChI is InChI=1S/C15H20O4/c1-15(2,3)19-14(17)9-11-18-13-6-4-12(5-7-13)8-10-16/h4-7,9,11,16H,8,10H2,1-3H3/b11-9+. The highest BCUT2D eigenvalue weighted by molar-refractivity contribution is 5.82. The maximum absolute atomic E-state index is 11.4. The first-order valence-electron chi connectivity index (χ1n) is 6.17. The average Bonchev–Trinajstić information content (AvgIpc) is 2.29. The molecule has 19 heavy (non-hydrogen) atoms. The van der Waals surface area contributed by atoms with Crippen molar-refractivity contribution in [3.63, 3.8) is 0 Å². The molecule has 4 nitrogen and oxygen atoms in total. The third kappa shape index (κ3) is 6.62. The van der Waals surface area contributed by atoms with Crippen molar-refractivity contribution >= 4 is 5.97 Å². The van der Waals surface area contributed by atoms with Crippen LogP contribution in [-0.2, 0) is 16.0 Å². The van der Waals surface area contributed by atoms with Gasteiger partial charge in [-0.3, -0.25) is 0 Å². The van der Waals surface area contributed by atoms with Crippen LogP contribution in [0.1, 0.15) is 26.3 Å². The summed E-state index contributed by atoms with van der Waals surface area (Å²) in [6.45, 7) is 5.54. The molecule has 1 aromatic rings. The van der Waals surface area contributed by atoms with Gasteiger partial charge in [0.05, 0.1) is 12.3 Å². The molecule has 104 valence electrons. The van der Waals surface area contributed by atoms with E-state index in [1.54, 1.807) is 32.9 Å². The molecule has 0 saturated heterocycles. The highest BCUT2D eigenvalue weighted by atomic mass is 16.6. The summed E-state index contributed by atoms with van der Waals surface area (Å²) in [5.41, 5.74) is 0.527. The van der Waals surface area contributed by atoms with E-state index in [9.17, 15) is 4.79 Å². The maximum Gasteiger partial charge on any atom is 0.334 e. The van der Waals surface area contributed by atoms with Crippen molar-refractivity contribution < 1.29 is 19.4 Å². The number of carbonyl (C=O) groups excluding carboxylic acids is 1. The lowest BCUT2D eigenvalue weighted by atomic mass is 10.1. The Kier molecular flexibility index (Phi) is 5.57. The van der Waals surface area contributed by atoms with Crippen LogP contribution in [0.25, 0.3) is 0 Å². The summed E-state index contributed by atoms with van der Waals surface area (Å²) >= 11 is 0. The molecule has 1 N–H and O–H groups in total. The van der Waals surface area contributed by atoms with Crippen molar-refractivity contribution in [1.29, 1.82) is 0 Å². The van der Waals surface area contributed by atoms with Crippen molar-refractivity contribution in [3.05, 3.63) is 42.2 Å². The number of rotatable bonds is 5. The fourth-order valence-corrected chi connectivity index (χ4v) is 1.37. The summed E-state index contributed by atoms with van der Waals surface area (Å²) in [5, 5.41) is 8.79. The van der Waals surface area contributed by atoms with E-state index in [4.69, 9.17) is 14.6 Å². The van der Waals surface area contributed by atoms with E-state index in [2.05, 4.69) is 0 Å². The van der Waals surface area contributed by atoms with Crippen LogP contribution in [0.15, 0.2) is 36.6 Å². The van der Waals surface area contributed by atoms with Gasteiger partial charge in [0.15, 0.2) is 0 Å². The lowest BCUT2D eigenvalue weighted by molar-refractivity contribution is -0.148. The predicted octanol–water partition coefficient (Wildman–Crippen LogP) is 2.46. The van der Waals surface area contributed by atoms with Crippen LogP contribution in [0, 0.1) is 0 Å². The largest absolute Gasteiger partial charge is 0.465 e. The topological polar surface area (TPSA) is 55.8 Å². The molecule has 0 bridgehead atoms. The molecule has 0 aliphatic rings. The van der Waals surface area contributed by atoms with Crippen LogP contribution in [0.5, 0.6) is 5.75 Å². The van der Waals surface area contributed by atoms with Gasteiger partial charge < -0.3 is 14.6 Å². The maximum atomic E-state index is 11.4. The summed E-state index contributed by atoms with van der Waals surface area (Å²) < 4.78 is 10.4. The fraction of sp³-hybridized carbons (Fsp3) is 0.400. The Hall–Kier alpha value is -1.81. The molecule has 0 saturated carbocycles. The monoisotopic (exact) mass is 264 g/mol. The molecular formula is C15H20O4. The summed E-state index contributed by atoms with van der Waals surface area (Å²) in [6, 6.07) is 7.30. The molecule has 1 aromatic carbocycles. The second kappa shape index (κ2) is 6.95. The molecule has 0 fully saturated rings. The van der Waals surface area contributed by atoms with Crippen molar-refractivity contribution in [1.82, 2.24) is 0 Å². The molecule has 0 spiro atoms. The number of hydrogen-bond acceptors (Lipinski definition) is 4. The quantitative estimate of drug-likeness (QED) is 0.504. The first kappa shape index (κ1) is 15.2. The highest BCUT2D eigenvalue weighted by Crippen LogP contribution is 2.13. The van der Waals surface area contributed by atoms with Crippen LogP contribution in [0.4, 0.5) is 0 Å². The smallest absolute Gasteiger partial charge is 0.334 e. The van der Waals surface area contributed by atoms with Crippen molar-refractivity contribution in [3.8, 4) is 5.75 Å². The summed E-state index contributed by atoms with van der Waals surface area (Å²) in [6.07, 6.45) is 3.16. The first-order valence-corrected chi connectivity index (χ1v) is 6.17. The zero-order chi connectivity index (χ0) is 14.3. The van der Waals surface area contributed by atoms with Crippen LogP contribution in [0.2, 0.25) is 0 Å². The Morgan fingerprint density at radius 3 is 2.42 bits per heavy atom. The molecule has 0 radical (unpaired) electrons. The van der Waals surface area contributed by atoms with Gasteiger partial charge in [-0.25, -0.2) is 4.79 Å². The number of ether oxygens (including phenoxy) is 2. The number of esters is 1. The molecule has 0 amide bonds. The van der Waals surface area contributed by atoms with Gasteiger partial charge in [0.1, 0.15) is 11.4 Å². The Morgan fingerprint density at radius 2 is 1.89 bits per heavy atom. The zero-order valence-corrected chi connectivity index (χ0v) is 11.6. The average molecular weight is 264 g/mol. The van der Waals surface area contributed by atoms with Crippen LogP contribution in [-0.4, -0.2) is 23.3 Å². The number of benzene rings is 1. The minimum atomic E-state index is -0.507. The Labute approximate surface area is 113 Å². The van der Waals surface area contributed by atoms with E-state index in [0.717, 1.165) is 5.56 Å². The number of carbonyl (C=O) groups is 1. The van der Waals surface area contributed by atoms with Gasteiger partial charge in [-0.1, -0.05) is 12.1 Å². The number of hydrogen-bond donors (Lipinski definition) is 1. The summed E-state index contributed by atoms with van der Waals surface area (Å²) in [5.74, 6) is 0.186. The Balaban J connectivity index is 2.45. The third-order valence-electron chi connectivity index (χ3n) is 2.14. The summed E-state index contributed by atoms with van der Waals surface area (Å²) in [7, 11) is 0. The molecule has 0 heterocycles. The van der Waals surface area contributed by atoms with Gasteiger partial charge in [-0.15, -0.1) is 0 Å². The molecule has 0 aliphatic heterocycles. The van der Waals surface area contributed by atoms with Crippen molar-refractivity contribution in [2.45, 2.75) is 32.8 Å². The minimum absolute atomic E-state index is 0.124. The number of aliphatic hydroxyl groups excluding tert-OH is 1. The van der Waals surface area contributed by atoms with Crippen LogP contribution >= 0.6 is 0 Å². The molecule has 4 heteroatoms. The zero-order valence-electron chi connectivity index (χ0n) is 11.6. The van der Waals surface area contributed by atoms with Gasteiger partial charge in [0, 0.05) is 6.61 Å². The summed E-state index contributed by atoms with van der Waals surface area (Å²) in [4.78, 5) is 11.4. The lowest BCUT2D eigenvalue weighted by Gasteiger charge is -2.17. The second-order valence-electron chi connectivity index (χ2n) is 5.07. The van der Waals surface area contributed by atoms with E-state index < -0.39 is 11.6 Å². The molecule has 1 rings (SSSR count). The van der Waals surface area contributed by atoms with E-state index in [-0.39, 0.29) is 6.61 Å². The normalized spacial score (nSPS) is 11.6.